The minimum Gasteiger partial charge on any atom is -0.481 e. The van der Waals surface area contributed by atoms with Gasteiger partial charge in [-0.15, -0.1) is 0 Å². The van der Waals surface area contributed by atoms with Crippen molar-refractivity contribution in [1.82, 2.24) is 0 Å². The van der Waals surface area contributed by atoms with Crippen LogP contribution in [0.5, 0.6) is 0 Å². The summed E-state index contributed by atoms with van der Waals surface area (Å²) in [7, 11) is 0. The minimum absolute atomic E-state index is 0.273. The number of hydrogen-bond acceptors (Lipinski definition) is 1. The van der Waals surface area contributed by atoms with Crippen LogP contribution < -0.4 is 0 Å². The van der Waals surface area contributed by atoms with Gasteiger partial charge in [-0.2, -0.15) is 0 Å². The van der Waals surface area contributed by atoms with Gasteiger partial charge in [0.25, 0.3) is 0 Å². The zero-order chi connectivity index (χ0) is 13.3. The summed E-state index contributed by atoms with van der Waals surface area (Å²) in [5.74, 6) is -0.420. The van der Waals surface area contributed by atoms with Gasteiger partial charge >= 0.3 is 5.97 Å². The van der Waals surface area contributed by atoms with Gasteiger partial charge in [0.2, 0.25) is 0 Å². The van der Waals surface area contributed by atoms with Crippen molar-refractivity contribution in [2.45, 2.75) is 59.8 Å². The maximum atomic E-state index is 10.5. The van der Waals surface area contributed by atoms with Gasteiger partial charge in [-0.25, -0.2) is 0 Å². The Balaban J connectivity index is 3.76. The number of carboxylic acid groups (broad SMARTS) is 1. The molecule has 0 aliphatic heterocycles. The molecule has 1 N–H and O–H groups in total. The van der Waals surface area contributed by atoms with Gasteiger partial charge in [0, 0.05) is 6.42 Å². The predicted molar refractivity (Wildman–Crippen MR) is 73.1 cm³/mol. The Labute approximate surface area is 105 Å². The maximum Gasteiger partial charge on any atom is 0.303 e. The van der Waals surface area contributed by atoms with Crippen molar-refractivity contribution in [3.63, 3.8) is 0 Å². The van der Waals surface area contributed by atoms with E-state index in [-0.39, 0.29) is 12.3 Å². The smallest absolute Gasteiger partial charge is 0.303 e. The zero-order valence-electron chi connectivity index (χ0n) is 11.6. The summed E-state index contributed by atoms with van der Waals surface area (Å²) in [5, 5.41) is 8.64. The van der Waals surface area contributed by atoms with E-state index in [1.165, 1.54) is 11.1 Å². The van der Waals surface area contributed by atoms with Gasteiger partial charge in [0.1, 0.15) is 0 Å². The van der Waals surface area contributed by atoms with E-state index in [0.717, 1.165) is 25.7 Å². The number of carboxylic acids is 1. The minimum atomic E-state index is -0.693. The second-order valence-electron chi connectivity index (χ2n) is 5.15. The topological polar surface area (TPSA) is 37.3 Å². The first-order chi connectivity index (χ1) is 7.91. The Morgan fingerprint density at radius 1 is 1.18 bits per heavy atom. The van der Waals surface area contributed by atoms with Gasteiger partial charge in [0.05, 0.1) is 0 Å². The van der Waals surface area contributed by atoms with Crippen LogP contribution >= 0.6 is 0 Å². The van der Waals surface area contributed by atoms with Gasteiger partial charge in [-0.1, -0.05) is 30.2 Å². The number of aliphatic carboxylic acids is 1. The van der Waals surface area contributed by atoms with E-state index >= 15 is 0 Å². The molecule has 0 heterocycles. The van der Waals surface area contributed by atoms with Gasteiger partial charge in [0.15, 0.2) is 0 Å². The highest BCUT2D eigenvalue weighted by molar-refractivity contribution is 5.66. The molecule has 0 rings (SSSR count). The van der Waals surface area contributed by atoms with Crippen LogP contribution in [0.4, 0.5) is 0 Å². The highest BCUT2D eigenvalue weighted by atomic mass is 16.4. The largest absolute Gasteiger partial charge is 0.481 e. The highest BCUT2D eigenvalue weighted by Crippen LogP contribution is 2.13. The summed E-state index contributed by atoms with van der Waals surface area (Å²) in [4.78, 5) is 10.5. The van der Waals surface area contributed by atoms with Crippen molar-refractivity contribution < 1.29 is 9.90 Å². The molecule has 17 heavy (non-hydrogen) atoms. The molecule has 2 heteroatoms. The summed E-state index contributed by atoms with van der Waals surface area (Å²) in [6.07, 6.45) is 8.96. The molecule has 1 atom stereocenters. The van der Waals surface area contributed by atoms with Crippen molar-refractivity contribution >= 4 is 5.97 Å². The quantitative estimate of drug-likeness (QED) is 0.629. The molecule has 0 saturated carbocycles. The second-order valence-corrected chi connectivity index (χ2v) is 5.15. The van der Waals surface area contributed by atoms with Crippen LogP contribution in [0.15, 0.2) is 23.3 Å². The number of allylic oxidation sites excluding steroid dienone is 4. The predicted octanol–water partition coefficient (Wildman–Crippen LogP) is 4.57. The molecular formula is C15H26O2. The fourth-order valence-corrected chi connectivity index (χ4v) is 1.70. The first-order valence-corrected chi connectivity index (χ1v) is 6.42. The second kappa shape index (κ2) is 9.03. The van der Waals surface area contributed by atoms with Crippen LogP contribution in [0, 0.1) is 5.92 Å². The molecule has 0 aromatic carbocycles. The molecule has 0 bridgehead atoms. The summed E-state index contributed by atoms with van der Waals surface area (Å²) in [6, 6.07) is 0. The summed E-state index contributed by atoms with van der Waals surface area (Å²) < 4.78 is 0. The molecule has 0 aliphatic rings. The van der Waals surface area contributed by atoms with E-state index in [1.54, 1.807) is 0 Å². The van der Waals surface area contributed by atoms with E-state index in [1.807, 2.05) is 6.92 Å². The standard InChI is InChI=1S/C15H26O2/c1-12(2)7-5-8-13(3)9-6-10-14(4)11-15(16)17/h7,9,14H,5-6,8,10-11H2,1-4H3,(H,16,17). The van der Waals surface area contributed by atoms with Crippen LogP contribution in [-0.4, -0.2) is 11.1 Å². The molecule has 0 fully saturated rings. The normalized spacial score (nSPS) is 13.3. The summed E-state index contributed by atoms with van der Waals surface area (Å²) >= 11 is 0. The first-order valence-electron chi connectivity index (χ1n) is 6.42. The molecule has 2 nitrogen and oxygen atoms in total. The number of rotatable bonds is 8. The molecule has 0 aromatic heterocycles. The monoisotopic (exact) mass is 238 g/mol. The molecule has 0 amide bonds. The van der Waals surface area contributed by atoms with Crippen molar-refractivity contribution in [3.05, 3.63) is 23.3 Å². The van der Waals surface area contributed by atoms with E-state index in [9.17, 15) is 4.79 Å². The van der Waals surface area contributed by atoms with E-state index in [2.05, 4.69) is 32.9 Å². The van der Waals surface area contributed by atoms with Crippen LogP contribution in [0.25, 0.3) is 0 Å². The molecular weight excluding hydrogens is 212 g/mol. The third-order valence-corrected chi connectivity index (χ3v) is 2.77. The van der Waals surface area contributed by atoms with E-state index < -0.39 is 5.97 Å². The van der Waals surface area contributed by atoms with Gasteiger partial charge in [-0.3, -0.25) is 4.79 Å². The molecule has 1 unspecified atom stereocenters. The lowest BCUT2D eigenvalue weighted by molar-refractivity contribution is -0.138. The van der Waals surface area contributed by atoms with Crippen LogP contribution in [0.1, 0.15) is 59.8 Å². The number of hydrogen-bond donors (Lipinski definition) is 1. The molecule has 0 radical (unpaired) electrons. The van der Waals surface area contributed by atoms with Crippen molar-refractivity contribution in [2.24, 2.45) is 5.92 Å². The third kappa shape index (κ3) is 11.2. The molecule has 0 aromatic rings. The Morgan fingerprint density at radius 3 is 2.35 bits per heavy atom. The molecule has 0 saturated heterocycles. The Hall–Kier alpha value is -1.05. The fourth-order valence-electron chi connectivity index (χ4n) is 1.70. The lowest BCUT2D eigenvalue weighted by atomic mass is 10.0. The Kier molecular flexibility index (Phi) is 8.47. The summed E-state index contributed by atoms with van der Waals surface area (Å²) in [6.45, 7) is 8.39. The Morgan fingerprint density at radius 2 is 1.82 bits per heavy atom. The van der Waals surface area contributed by atoms with E-state index in [4.69, 9.17) is 5.11 Å². The molecule has 0 aliphatic carbocycles. The molecule has 0 spiro atoms. The Bertz CT molecular complexity index is 283. The lowest BCUT2D eigenvalue weighted by Gasteiger charge is -2.06. The van der Waals surface area contributed by atoms with Crippen molar-refractivity contribution in [2.75, 3.05) is 0 Å². The maximum absolute atomic E-state index is 10.5. The van der Waals surface area contributed by atoms with Gasteiger partial charge < -0.3 is 5.11 Å². The number of carbonyl (C=O) groups is 1. The van der Waals surface area contributed by atoms with Crippen LogP contribution in [0.2, 0.25) is 0 Å². The fraction of sp³-hybridized carbons (Fsp3) is 0.667. The lowest BCUT2D eigenvalue weighted by Crippen LogP contribution is -2.03. The highest BCUT2D eigenvalue weighted by Gasteiger charge is 2.05. The average Bonchev–Trinajstić information content (AvgIpc) is 2.15. The zero-order valence-corrected chi connectivity index (χ0v) is 11.6. The van der Waals surface area contributed by atoms with Crippen molar-refractivity contribution in [3.8, 4) is 0 Å². The van der Waals surface area contributed by atoms with E-state index in [0.29, 0.717) is 0 Å². The SMILES string of the molecule is CC(C)=CCCC(C)=CCCC(C)CC(=O)O. The van der Waals surface area contributed by atoms with Crippen molar-refractivity contribution in [1.29, 1.82) is 0 Å². The summed E-state index contributed by atoms with van der Waals surface area (Å²) in [5.41, 5.74) is 2.78. The van der Waals surface area contributed by atoms with Crippen LogP contribution in [-0.2, 0) is 4.79 Å². The van der Waals surface area contributed by atoms with Crippen LogP contribution in [0.3, 0.4) is 0 Å². The average molecular weight is 238 g/mol. The third-order valence-electron chi connectivity index (χ3n) is 2.77. The van der Waals surface area contributed by atoms with Gasteiger partial charge in [-0.05, 0) is 52.4 Å². The first kappa shape index (κ1) is 16.0. The molecule has 98 valence electrons.